The van der Waals surface area contributed by atoms with E-state index < -0.39 is 5.25 Å². The molecule has 4 rings (SSSR count). The summed E-state index contributed by atoms with van der Waals surface area (Å²) in [5.74, 6) is -0.222. The number of benzene rings is 2. The van der Waals surface area contributed by atoms with Gasteiger partial charge in [-0.25, -0.2) is 4.98 Å². The summed E-state index contributed by atoms with van der Waals surface area (Å²) in [6, 6.07) is 18.5. The maximum Gasteiger partial charge on any atom is 0.263 e. The molecule has 0 saturated heterocycles. The van der Waals surface area contributed by atoms with Gasteiger partial charge in [0.25, 0.3) is 5.56 Å². The number of allylic oxidation sites excluding steroid dienone is 1. The Morgan fingerprint density at radius 2 is 2.00 bits per heavy atom. The quantitative estimate of drug-likeness (QED) is 0.224. The van der Waals surface area contributed by atoms with Crippen LogP contribution in [0.4, 0.5) is 5.69 Å². The van der Waals surface area contributed by atoms with Crippen LogP contribution in [-0.2, 0) is 11.3 Å². The third kappa shape index (κ3) is 4.75. The van der Waals surface area contributed by atoms with Crippen molar-refractivity contribution in [3.05, 3.63) is 88.5 Å². The summed E-state index contributed by atoms with van der Waals surface area (Å²) < 4.78 is 1.56. The van der Waals surface area contributed by atoms with Crippen LogP contribution < -0.4 is 10.9 Å². The Morgan fingerprint density at radius 1 is 1.27 bits per heavy atom. The van der Waals surface area contributed by atoms with E-state index in [9.17, 15) is 9.59 Å². The van der Waals surface area contributed by atoms with Gasteiger partial charge < -0.3 is 5.32 Å². The van der Waals surface area contributed by atoms with Crippen LogP contribution in [0.2, 0.25) is 0 Å². The average molecular weight is 473 g/mol. The molecule has 1 N–H and O–H groups in total. The normalized spacial score (nSPS) is 11.6. The zero-order valence-electron chi connectivity index (χ0n) is 17.8. The van der Waals surface area contributed by atoms with Crippen LogP contribution in [0.3, 0.4) is 0 Å². The van der Waals surface area contributed by atoms with E-state index in [2.05, 4.69) is 11.9 Å². The highest BCUT2D eigenvalue weighted by molar-refractivity contribution is 8.00. The number of nitriles is 1. The molecule has 0 saturated carbocycles. The van der Waals surface area contributed by atoms with Crippen LogP contribution in [0.15, 0.2) is 82.6 Å². The van der Waals surface area contributed by atoms with Crippen molar-refractivity contribution in [2.24, 2.45) is 0 Å². The minimum Gasteiger partial charge on any atom is -0.325 e. The predicted molar refractivity (Wildman–Crippen MR) is 135 cm³/mol. The van der Waals surface area contributed by atoms with E-state index in [1.54, 1.807) is 41.8 Å². The second-order valence-corrected chi connectivity index (χ2v) is 9.40. The van der Waals surface area contributed by atoms with Gasteiger partial charge in [0, 0.05) is 23.2 Å². The first-order valence-electron chi connectivity index (χ1n) is 10.2. The molecule has 2 aromatic heterocycles. The van der Waals surface area contributed by atoms with Crippen molar-refractivity contribution in [2.75, 3.05) is 5.32 Å². The molecule has 0 aliphatic carbocycles. The van der Waals surface area contributed by atoms with Gasteiger partial charge in [0.1, 0.15) is 4.83 Å². The summed E-state index contributed by atoms with van der Waals surface area (Å²) in [5, 5.41) is 14.2. The van der Waals surface area contributed by atoms with Gasteiger partial charge in [0.15, 0.2) is 5.16 Å². The Kier molecular flexibility index (Phi) is 6.73. The minimum absolute atomic E-state index is 0.151. The lowest BCUT2D eigenvalue weighted by Gasteiger charge is -2.15. The zero-order valence-corrected chi connectivity index (χ0v) is 19.5. The van der Waals surface area contributed by atoms with Crippen LogP contribution >= 0.6 is 23.1 Å². The summed E-state index contributed by atoms with van der Waals surface area (Å²) in [4.78, 5) is 31.6. The minimum atomic E-state index is -0.505. The van der Waals surface area contributed by atoms with Gasteiger partial charge in [0.2, 0.25) is 5.91 Å². The fraction of sp³-hybridized carbons (Fsp3) is 0.120. The van der Waals surface area contributed by atoms with Crippen LogP contribution in [0.5, 0.6) is 0 Å². The number of nitrogens with one attached hydrogen (secondary N) is 1. The number of fused-ring (bicyclic) bond motifs is 1. The van der Waals surface area contributed by atoms with Crippen molar-refractivity contribution in [2.45, 2.75) is 23.9 Å². The number of anilines is 1. The van der Waals surface area contributed by atoms with E-state index in [1.165, 1.54) is 23.1 Å². The van der Waals surface area contributed by atoms with Crippen LogP contribution in [-0.4, -0.2) is 20.7 Å². The van der Waals surface area contributed by atoms with Crippen molar-refractivity contribution >= 4 is 44.9 Å². The summed E-state index contributed by atoms with van der Waals surface area (Å²) in [6.07, 6.45) is 1.65. The summed E-state index contributed by atoms with van der Waals surface area (Å²) in [5.41, 5.74) is 2.79. The maximum atomic E-state index is 13.4. The first-order chi connectivity index (χ1) is 16.0. The number of carbonyl (C=O) groups is 1. The second-order valence-electron chi connectivity index (χ2n) is 7.23. The molecule has 8 heteroatoms. The summed E-state index contributed by atoms with van der Waals surface area (Å²) in [6.45, 7) is 5.83. The van der Waals surface area contributed by atoms with E-state index in [0.29, 0.717) is 26.6 Å². The topological polar surface area (TPSA) is 87.8 Å². The Bertz CT molecular complexity index is 1420. The molecule has 164 valence electrons. The van der Waals surface area contributed by atoms with Gasteiger partial charge >= 0.3 is 0 Å². The first kappa shape index (κ1) is 22.5. The molecule has 6 nitrogen and oxygen atoms in total. The second kappa shape index (κ2) is 9.86. The van der Waals surface area contributed by atoms with Crippen LogP contribution in [0.25, 0.3) is 21.3 Å². The molecule has 0 fully saturated rings. The molecule has 1 amide bonds. The van der Waals surface area contributed by atoms with Crippen LogP contribution in [0, 0.1) is 11.3 Å². The number of aromatic nitrogens is 2. The molecule has 0 aliphatic rings. The Hall–Kier alpha value is -3.67. The molecule has 4 aromatic rings. The molecule has 0 radical (unpaired) electrons. The van der Waals surface area contributed by atoms with E-state index in [4.69, 9.17) is 10.2 Å². The lowest BCUT2D eigenvalue weighted by molar-refractivity contribution is -0.115. The lowest BCUT2D eigenvalue weighted by atomic mass is 10.1. The van der Waals surface area contributed by atoms with Crippen molar-refractivity contribution in [1.82, 2.24) is 9.55 Å². The van der Waals surface area contributed by atoms with Crippen molar-refractivity contribution in [3.8, 4) is 17.2 Å². The van der Waals surface area contributed by atoms with E-state index in [1.807, 2.05) is 41.8 Å². The standard InChI is InChI=1S/C25H20N4O2S2/c1-3-13-29-24(31)21-20(18-7-5-4-6-8-18)15-32-23(21)28-25(29)33-16(2)22(30)27-19-11-9-17(14-26)10-12-19/h3-12,15-16H,1,13H2,2H3,(H,27,30). The Morgan fingerprint density at radius 3 is 2.67 bits per heavy atom. The number of hydrogen-bond donors (Lipinski definition) is 1. The van der Waals surface area contributed by atoms with Crippen molar-refractivity contribution < 1.29 is 4.79 Å². The molecule has 1 atom stereocenters. The van der Waals surface area contributed by atoms with Gasteiger partial charge in [-0.1, -0.05) is 48.2 Å². The zero-order chi connectivity index (χ0) is 23.4. The summed E-state index contributed by atoms with van der Waals surface area (Å²) in [7, 11) is 0. The molecule has 2 heterocycles. The van der Waals surface area contributed by atoms with Gasteiger partial charge in [-0.15, -0.1) is 17.9 Å². The van der Waals surface area contributed by atoms with E-state index in [-0.39, 0.29) is 18.0 Å². The highest BCUT2D eigenvalue weighted by atomic mass is 32.2. The van der Waals surface area contributed by atoms with Crippen molar-refractivity contribution in [3.63, 3.8) is 0 Å². The number of hydrogen-bond acceptors (Lipinski definition) is 6. The number of carbonyl (C=O) groups excluding carboxylic acids is 1. The smallest absolute Gasteiger partial charge is 0.263 e. The third-order valence-electron chi connectivity index (χ3n) is 4.99. The molecule has 0 spiro atoms. The number of rotatable bonds is 7. The van der Waals surface area contributed by atoms with Gasteiger partial charge in [-0.05, 0) is 36.8 Å². The lowest BCUT2D eigenvalue weighted by Crippen LogP contribution is -2.26. The number of thioether (sulfide) groups is 1. The average Bonchev–Trinajstić information content (AvgIpc) is 3.26. The largest absolute Gasteiger partial charge is 0.325 e. The van der Waals surface area contributed by atoms with Gasteiger partial charge in [-0.2, -0.15) is 5.26 Å². The fourth-order valence-electron chi connectivity index (χ4n) is 3.30. The number of thiophene rings is 1. The predicted octanol–water partition coefficient (Wildman–Crippen LogP) is 5.30. The molecule has 1 unspecified atom stereocenters. The third-order valence-corrected chi connectivity index (χ3v) is 6.95. The highest BCUT2D eigenvalue weighted by Crippen LogP contribution is 2.33. The van der Waals surface area contributed by atoms with Crippen LogP contribution in [0.1, 0.15) is 12.5 Å². The van der Waals surface area contributed by atoms with E-state index >= 15 is 0 Å². The SMILES string of the molecule is C=CCn1c(SC(C)C(=O)Nc2ccc(C#N)cc2)nc2scc(-c3ccccc3)c2c1=O. The summed E-state index contributed by atoms with van der Waals surface area (Å²) >= 11 is 2.64. The molecule has 33 heavy (non-hydrogen) atoms. The molecular formula is C25H20N4O2S2. The molecular weight excluding hydrogens is 452 g/mol. The molecule has 0 bridgehead atoms. The van der Waals surface area contributed by atoms with E-state index in [0.717, 1.165) is 11.1 Å². The van der Waals surface area contributed by atoms with Gasteiger partial charge in [-0.3, -0.25) is 14.2 Å². The highest BCUT2D eigenvalue weighted by Gasteiger charge is 2.21. The first-order valence-corrected chi connectivity index (χ1v) is 11.9. The Balaban J connectivity index is 1.64. The number of nitrogens with zero attached hydrogens (tertiary/aromatic N) is 3. The van der Waals surface area contributed by atoms with Crippen molar-refractivity contribution in [1.29, 1.82) is 5.26 Å². The number of amides is 1. The molecule has 2 aromatic carbocycles. The fourth-order valence-corrected chi connectivity index (χ4v) is 5.21. The maximum absolute atomic E-state index is 13.4. The monoisotopic (exact) mass is 472 g/mol. The van der Waals surface area contributed by atoms with Gasteiger partial charge in [0.05, 0.1) is 22.3 Å². The molecule has 0 aliphatic heterocycles. The Labute approximate surface area is 199 Å².